The van der Waals surface area contributed by atoms with Crippen LogP contribution in [0.15, 0.2) is 18.2 Å². The minimum atomic E-state index is -0.288. The van der Waals surface area contributed by atoms with Crippen molar-refractivity contribution in [2.24, 2.45) is 0 Å². The van der Waals surface area contributed by atoms with Crippen molar-refractivity contribution >= 4 is 0 Å². The Morgan fingerprint density at radius 2 is 2.27 bits per heavy atom. The van der Waals surface area contributed by atoms with Crippen LogP contribution in [0.3, 0.4) is 0 Å². The Hall–Kier alpha value is -1.13. The molecule has 1 atom stereocenters. The van der Waals surface area contributed by atoms with E-state index in [1.165, 1.54) is 12.1 Å². The second kappa shape index (κ2) is 5.68. The normalized spacial score (nSPS) is 12.5. The number of hydrogen-bond donors (Lipinski definition) is 2. The van der Waals surface area contributed by atoms with E-state index in [0.717, 1.165) is 5.56 Å². The number of nitrogens with one attached hydrogen (secondary N) is 1. The summed E-state index contributed by atoms with van der Waals surface area (Å²) in [4.78, 5) is 0. The number of hydrogen-bond acceptors (Lipinski definition) is 3. The standard InChI is InChI=1S/C11H16FNO2/c1-8(13-2)10-7-9(12)3-4-11(10)15-6-5-14/h3-4,7-8,13-14H,5-6H2,1-2H3/t8-/m1/s1. The lowest BCUT2D eigenvalue weighted by Gasteiger charge is -2.16. The number of benzene rings is 1. The summed E-state index contributed by atoms with van der Waals surface area (Å²) in [5, 5.41) is 11.7. The van der Waals surface area contributed by atoms with Crippen molar-refractivity contribution in [3.8, 4) is 5.75 Å². The molecule has 0 heterocycles. The first kappa shape index (κ1) is 11.9. The summed E-state index contributed by atoms with van der Waals surface area (Å²) < 4.78 is 18.3. The van der Waals surface area contributed by atoms with E-state index in [1.807, 2.05) is 6.92 Å². The number of ether oxygens (including phenoxy) is 1. The molecule has 0 saturated carbocycles. The summed E-state index contributed by atoms with van der Waals surface area (Å²) in [6.45, 7) is 2.08. The van der Waals surface area contributed by atoms with Crippen LogP contribution in [0.25, 0.3) is 0 Å². The number of halogens is 1. The maximum atomic E-state index is 13.0. The van der Waals surface area contributed by atoms with Gasteiger partial charge in [-0.3, -0.25) is 0 Å². The summed E-state index contributed by atoms with van der Waals surface area (Å²) in [5.41, 5.74) is 0.756. The van der Waals surface area contributed by atoms with Gasteiger partial charge in [0.15, 0.2) is 0 Å². The summed E-state index contributed by atoms with van der Waals surface area (Å²) in [7, 11) is 1.80. The number of aliphatic hydroxyl groups excluding tert-OH is 1. The molecule has 0 amide bonds. The molecule has 4 heteroatoms. The van der Waals surface area contributed by atoms with E-state index in [9.17, 15) is 4.39 Å². The molecule has 2 N–H and O–H groups in total. The van der Waals surface area contributed by atoms with Crippen LogP contribution < -0.4 is 10.1 Å². The smallest absolute Gasteiger partial charge is 0.124 e. The summed E-state index contributed by atoms with van der Waals surface area (Å²) in [5.74, 6) is 0.316. The molecular formula is C11H16FNO2. The van der Waals surface area contributed by atoms with Crippen LogP contribution in [-0.2, 0) is 0 Å². The van der Waals surface area contributed by atoms with Gasteiger partial charge in [0.25, 0.3) is 0 Å². The van der Waals surface area contributed by atoms with E-state index in [-0.39, 0.29) is 25.1 Å². The Kier molecular flexibility index (Phi) is 4.52. The first-order valence-electron chi connectivity index (χ1n) is 4.89. The van der Waals surface area contributed by atoms with Crippen LogP contribution in [0.4, 0.5) is 4.39 Å². The van der Waals surface area contributed by atoms with Gasteiger partial charge in [0.05, 0.1) is 6.61 Å². The minimum Gasteiger partial charge on any atom is -0.491 e. The van der Waals surface area contributed by atoms with E-state index >= 15 is 0 Å². The van der Waals surface area contributed by atoms with Gasteiger partial charge in [0.2, 0.25) is 0 Å². The van der Waals surface area contributed by atoms with Gasteiger partial charge in [-0.15, -0.1) is 0 Å². The SMILES string of the molecule is CN[C@H](C)c1cc(F)ccc1OCCO. The third-order valence-electron chi connectivity index (χ3n) is 2.22. The highest BCUT2D eigenvalue weighted by molar-refractivity contribution is 5.36. The van der Waals surface area contributed by atoms with Crippen molar-refractivity contribution in [2.75, 3.05) is 20.3 Å². The molecule has 1 aromatic carbocycles. The third-order valence-corrected chi connectivity index (χ3v) is 2.22. The van der Waals surface area contributed by atoms with Crippen LogP contribution in [-0.4, -0.2) is 25.4 Å². The molecule has 84 valence electrons. The number of rotatable bonds is 5. The molecule has 15 heavy (non-hydrogen) atoms. The molecule has 1 aromatic rings. The van der Waals surface area contributed by atoms with Gasteiger partial charge in [-0.1, -0.05) is 0 Å². The molecule has 0 aliphatic heterocycles. The Morgan fingerprint density at radius 3 is 2.87 bits per heavy atom. The minimum absolute atomic E-state index is 0.00870. The topological polar surface area (TPSA) is 41.5 Å². The van der Waals surface area contributed by atoms with Gasteiger partial charge in [-0.25, -0.2) is 4.39 Å². The third kappa shape index (κ3) is 3.18. The van der Waals surface area contributed by atoms with Crippen molar-refractivity contribution in [3.05, 3.63) is 29.6 Å². The molecule has 0 aromatic heterocycles. The van der Waals surface area contributed by atoms with E-state index in [1.54, 1.807) is 13.1 Å². The summed E-state index contributed by atoms with van der Waals surface area (Å²) in [6, 6.07) is 4.37. The zero-order chi connectivity index (χ0) is 11.3. The van der Waals surface area contributed by atoms with Crippen molar-refractivity contribution in [1.29, 1.82) is 0 Å². The highest BCUT2D eigenvalue weighted by Gasteiger charge is 2.11. The van der Waals surface area contributed by atoms with E-state index in [0.29, 0.717) is 5.75 Å². The first-order valence-corrected chi connectivity index (χ1v) is 4.89. The zero-order valence-electron chi connectivity index (χ0n) is 8.96. The Balaban J connectivity index is 2.92. The lowest BCUT2D eigenvalue weighted by molar-refractivity contribution is 0.199. The van der Waals surface area contributed by atoms with Crippen LogP contribution in [0, 0.1) is 5.82 Å². The van der Waals surface area contributed by atoms with Gasteiger partial charge in [0, 0.05) is 11.6 Å². The fourth-order valence-electron chi connectivity index (χ4n) is 1.30. The van der Waals surface area contributed by atoms with Crippen molar-refractivity contribution in [3.63, 3.8) is 0 Å². The van der Waals surface area contributed by atoms with Crippen LogP contribution in [0.2, 0.25) is 0 Å². The van der Waals surface area contributed by atoms with Crippen molar-refractivity contribution in [1.82, 2.24) is 5.32 Å². The molecule has 0 aliphatic rings. The second-order valence-corrected chi connectivity index (χ2v) is 3.26. The predicted molar refractivity (Wildman–Crippen MR) is 56.5 cm³/mol. The Bertz CT molecular complexity index is 317. The monoisotopic (exact) mass is 213 g/mol. The second-order valence-electron chi connectivity index (χ2n) is 3.26. The first-order chi connectivity index (χ1) is 7.19. The predicted octanol–water partition coefficient (Wildman–Crippen LogP) is 1.48. The highest BCUT2D eigenvalue weighted by atomic mass is 19.1. The highest BCUT2D eigenvalue weighted by Crippen LogP contribution is 2.25. The van der Waals surface area contributed by atoms with Gasteiger partial charge < -0.3 is 15.2 Å². The summed E-state index contributed by atoms with van der Waals surface area (Å²) in [6.07, 6.45) is 0. The largest absolute Gasteiger partial charge is 0.491 e. The zero-order valence-corrected chi connectivity index (χ0v) is 8.96. The van der Waals surface area contributed by atoms with Gasteiger partial charge in [0.1, 0.15) is 18.2 Å². The number of aliphatic hydroxyl groups is 1. The molecule has 0 spiro atoms. The molecule has 0 fully saturated rings. The van der Waals surface area contributed by atoms with Crippen molar-refractivity contribution in [2.45, 2.75) is 13.0 Å². The average molecular weight is 213 g/mol. The molecule has 0 unspecified atom stereocenters. The molecule has 0 saturated heterocycles. The molecule has 0 aliphatic carbocycles. The van der Waals surface area contributed by atoms with Crippen molar-refractivity contribution < 1.29 is 14.2 Å². The van der Waals surface area contributed by atoms with Crippen LogP contribution in [0.1, 0.15) is 18.5 Å². The Morgan fingerprint density at radius 1 is 1.53 bits per heavy atom. The van der Waals surface area contributed by atoms with Gasteiger partial charge in [-0.05, 0) is 32.2 Å². The molecule has 3 nitrogen and oxygen atoms in total. The lowest BCUT2D eigenvalue weighted by Crippen LogP contribution is -2.14. The maximum Gasteiger partial charge on any atom is 0.124 e. The Labute approximate surface area is 88.9 Å². The van der Waals surface area contributed by atoms with Crippen LogP contribution >= 0.6 is 0 Å². The van der Waals surface area contributed by atoms with E-state index in [4.69, 9.17) is 9.84 Å². The summed E-state index contributed by atoms with van der Waals surface area (Å²) >= 11 is 0. The lowest BCUT2D eigenvalue weighted by atomic mass is 10.1. The van der Waals surface area contributed by atoms with Gasteiger partial charge in [-0.2, -0.15) is 0 Å². The van der Waals surface area contributed by atoms with Gasteiger partial charge >= 0.3 is 0 Å². The maximum absolute atomic E-state index is 13.0. The fraction of sp³-hybridized carbons (Fsp3) is 0.455. The molecule has 0 radical (unpaired) electrons. The molecular weight excluding hydrogens is 197 g/mol. The van der Waals surface area contributed by atoms with E-state index < -0.39 is 0 Å². The van der Waals surface area contributed by atoms with Crippen LogP contribution in [0.5, 0.6) is 5.75 Å². The van der Waals surface area contributed by atoms with E-state index in [2.05, 4.69) is 5.32 Å². The molecule has 1 rings (SSSR count). The molecule has 0 bridgehead atoms. The quantitative estimate of drug-likeness (QED) is 0.778. The average Bonchev–Trinajstić information content (AvgIpc) is 2.26. The fourth-order valence-corrected chi connectivity index (χ4v) is 1.30.